The van der Waals surface area contributed by atoms with Gasteiger partial charge in [0.25, 0.3) is 0 Å². The molecule has 0 unspecified atom stereocenters. The number of hydrogen-bond acceptors (Lipinski definition) is 4. The monoisotopic (exact) mass is 414 g/mol. The second-order valence-corrected chi connectivity index (χ2v) is 7.46. The number of amides is 3. The van der Waals surface area contributed by atoms with Gasteiger partial charge in [-0.25, -0.2) is 9.78 Å². The number of nitrogens with zero attached hydrogens (tertiary/aromatic N) is 1. The van der Waals surface area contributed by atoms with Crippen LogP contribution in [0.2, 0.25) is 5.02 Å². The summed E-state index contributed by atoms with van der Waals surface area (Å²) in [5.74, 6) is -0.143. The van der Waals surface area contributed by atoms with E-state index in [2.05, 4.69) is 20.9 Å². The lowest BCUT2D eigenvalue weighted by molar-refractivity contribution is -0.120. The molecule has 28 heavy (non-hydrogen) atoms. The first kappa shape index (κ1) is 19.9. The maximum absolute atomic E-state index is 12.1. The van der Waals surface area contributed by atoms with Gasteiger partial charge in [0.05, 0.1) is 12.1 Å². The Labute approximate surface area is 172 Å². The highest BCUT2D eigenvalue weighted by molar-refractivity contribution is 7.14. The minimum Gasteiger partial charge on any atom is -0.352 e. The normalized spacial score (nSPS) is 10.4. The van der Waals surface area contributed by atoms with Gasteiger partial charge in [-0.15, -0.1) is 11.3 Å². The Morgan fingerprint density at radius 3 is 2.46 bits per heavy atom. The molecule has 0 fully saturated rings. The van der Waals surface area contributed by atoms with E-state index in [9.17, 15) is 9.59 Å². The quantitative estimate of drug-likeness (QED) is 0.550. The molecule has 0 radical (unpaired) electrons. The van der Waals surface area contributed by atoms with Gasteiger partial charge in [-0.05, 0) is 36.8 Å². The Morgan fingerprint density at radius 2 is 1.75 bits per heavy atom. The maximum atomic E-state index is 12.1. The highest BCUT2D eigenvalue weighted by atomic mass is 35.5. The molecule has 0 aliphatic rings. The zero-order valence-electron chi connectivity index (χ0n) is 15.2. The van der Waals surface area contributed by atoms with E-state index in [0.717, 1.165) is 11.1 Å². The van der Waals surface area contributed by atoms with Gasteiger partial charge in [0.15, 0.2) is 5.13 Å². The number of halogens is 1. The fourth-order valence-corrected chi connectivity index (χ4v) is 3.20. The number of aromatic nitrogens is 1. The average Bonchev–Trinajstić information content (AvgIpc) is 3.09. The van der Waals surface area contributed by atoms with Crippen molar-refractivity contribution in [2.24, 2.45) is 0 Å². The summed E-state index contributed by atoms with van der Waals surface area (Å²) >= 11 is 7.11. The number of carbonyl (C=O) groups is 2. The van der Waals surface area contributed by atoms with E-state index >= 15 is 0 Å². The standard InChI is InChI=1S/C20H19ClN4O2S/c1-13-2-8-16(9-3-13)23-19(27)25-20-24-17(12-28-20)10-18(26)22-11-14-4-6-15(21)7-5-14/h2-9,12H,10-11H2,1H3,(H,22,26)(H2,23,24,25,27). The second kappa shape index (κ2) is 9.34. The largest absolute Gasteiger partial charge is 0.352 e. The van der Waals surface area contributed by atoms with Crippen LogP contribution >= 0.6 is 22.9 Å². The fraction of sp³-hybridized carbons (Fsp3) is 0.150. The van der Waals surface area contributed by atoms with Crippen LogP contribution in [-0.2, 0) is 17.8 Å². The lowest BCUT2D eigenvalue weighted by Crippen LogP contribution is -2.24. The van der Waals surface area contributed by atoms with Crippen LogP contribution in [-0.4, -0.2) is 16.9 Å². The van der Waals surface area contributed by atoms with E-state index in [1.165, 1.54) is 11.3 Å². The Morgan fingerprint density at radius 1 is 1.04 bits per heavy atom. The van der Waals surface area contributed by atoms with Gasteiger partial charge in [-0.2, -0.15) is 0 Å². The Balaban J connectivity index is 1.46. The second-order valence-electron chi connectivity index (χ2n) is 6.17. The number of aryl methyl sites for hydroxylation is 1. The van der Waals surface area contributed by atoms with Crippen LogP contribution in [0.3, 0.4) is 0 Å². The zero-order chi connectivity index (χ0) is 19.9. The molecule has 6 nitrogen and oxygen atoms in total. The molecule has 0 aliphatic heterocycles. The number of urea groups is 1. The smallest absolute Gasteiger partial charge is 0.325 e. The van der Waals surface area contributed by atoms with E-state index in [4.69, 9.17) is 11.6 Å². The van der Waals surface area contributed by atoms with E-state index < -0.39 is 0 Å². The van der Waals surface area contributed by atoms with Gasteiger partial charge < -0.3 is 10.6 Å². The van der Waals surface area contributed by atoms with Crippen molar-refractivity contribution < 1.29 is 9.59 Å². The zero-order valence-corrected chi connectivity index (χ0v) is 16.7. The topological polar surface area (TPSA) is 83.1 Å². The van der Waals surface area contributed by atoms with Gasteiger partial charge in [-0.3, -0.25) is 10.1 Å². The van der Waals surface area contributed by atoms with Crippen LogP contribution in [0.5, 0.6) is 0 Å². The molecule has 0 saturated carbocycles. The maximum Gasteiger partial charge on any atom is 0.325 e. The molecule has 8 heteroatoms. The molecular formula is C20H19ClN4O2S. The van der Waals surface area contributed by atoms with Crippen molar-refractivity contribution in [3.8, 4) is 0 Å². The summed E-state index contributed by atoms with van der Waals surface area (Å²) in [7, 11) is 0. The van der Waals surface area contributed by atoms with E-state index in [-0.39, 0.29) is 18.4 Å². The first-order valence-corrected chi connectivity index (χ1v) is 9.84. The molecule has 0 saturated heterocycles. The van der Waals surface area contributed by atoms with Gasteiger partial charge in [0.2, 0.25) is 5.91 Å². The predicted octanol–water partition coefficient (Wildman–Crippen LogP) is 4.61. The lowest BCUT2D eigenvalue weighted by atomic mass is 10.2. The molecule has 3 aromatic rings. The molecule has 0 spiro atoms. The number of thiazole rings is 1. The Hall–Kier alpha value is -2.90. The molecule has 1 heterocycles. The predicted molar refractivity (Wildman–Crippen MR) is 113 cm³/mol. The summed E-state index contributed by atoms with van der Waals surface area (Å²) in [6, 6.07) is 14.4. The molecule has 0 atom stereocenters. The molecule has 3 amide bonds. The van der Waals surface area contributed by atoms with Crippen molar-refractivity contribution in [1.82, 2.24) is 10.3 Å². The summed E-state index contributed by atoms with van der Waals surface area (Å²) in [6.45, 7) is 2.40. The van der Waals surface area contributed by atoms with E-state index in [1.54, 1.807) is 17.5 Å². The van der Waals surface area contributed by atoms with E-state index in [0.29, 0.717) is 28.1 Å². The third-order valence-electron chi connectivity index (χ3n) is 3.83. The minimum absolute atomic E-state index is 0.143. The molecule has 0 bridgehead atoms. The number of carbonyl (C=O) groups excluding carboxylic acids is 2. The third kappa shape index (κ3) is 6.07. The SMILES string of the molecule is Cc1ccc(NC(=O)Nc2nc(CC(=O)NCc3ccc(Cl)cc3)cs2)cc1. The van der Waals surface area contributed by atoms with Gasteiger partial charge in [0, 0.05) is 22.6 Å². The van der Waals surface area contributed by atoms with Gasteiger partial charge >= 0.3 is 6.03 Å². The molecule has 0 aliphatic carbocycles. The lowest BCUT2D eigenvalue weighted by Gasteiger charge is -2.05. The number of hydrogen-bond donors (Lipinski definition) is 3. The van der Waals surface area contributed by atoms with Crippen molar-refractivity contribution in [3.05, 3.63) is 75.8 Å². The molecule has 1 aromatic heterocycles. The molecular weight excluding hydrogens is 396 g/mol. The Bertz CT molecular complexity index is 955. The van der Waals surface area contributed by atoms with Crippen LogP contribution in [0.1, 0.15) is 16.8 Å². The van der Waals surface area contributed by atoms with Crippen LogP contribution in [0.15, 0.2) is 53.9 Å². The van der Waals surface area contributed by atoms with Crippen molar-refractivity contribution in [2.75, 3.05) is 10.6 Å². The van der Waals surface area contributed by atoms with Crippen LogP contribution in [0, 0.1) is 6.92 Å². The molecule has 2 aromatic carbocycles. The first-order valence-electron chi connectivity index (χ1n) is 8.58. The van der Waals surface area contributed by atoms with Crippen molar-refractivity contribution >= 4 is 45.7 Å². The van der Waals surface area contributed by atoms with Crippen LogP contribution in [0.4, 0.5) is 15.6 Å². The van der Waals surface area contributed by atoms with Crippen LogP contribution in [0.25, 0.3) is 0 Å². The summed E-state index contributed by atoms with van der Waals surface area (Å²) in [5, 5.41) is 11.1. The highest BCUT2D eigenvalue weighted by Gasteiger charge is 2.10. The van der Waals surface area contributed by atoms with Crippen LogP contribution < -0.4 is 16.0 Å². The van der Waals surface area contributed by atoms with Crippen molar-refractivity contribution in [1.29, 1.82) is 0 Å². The number of benzene rings is 2. The average molecular weight is 415 g/mol. The van der Waals surface area contributed by atoms with Gasteiger partial charge in [0.1, 0.15) is 0 Å². The summed E-state index contributed by atoms with van der Waals surface area (Å²) in [6.07, 6.45) is 0.144. The highest BCUT2D eigenvalue weighted by Crippen LogP contribution is 2.17. The minimum atomic E-state index is -0.378. The molecule has 3 N–H and O–H groups in total. The third-order valence-corrected chi connectivity index (χ3v) is 4.88. The summed E-state index contributed by atoms with van der Waals surface area (Å²) < 4.78 is 0. The first-order chi connectivity index (χ1) is 13.5. The number of anilines is 2. The summed E-state index contributed by atoms with van der Waals surface area (Å²) in [5.41, 5.74) is 3.38. The molecule has 3 rings (SSSR count). The fourth-order valence-electron chi connectivity index (χ4n) is 2.37. The van der Waals surface area contributed by atoms with E-state index in [1.807, 2.05) is 43.3 Å². The summed E-state index contributed by atoms with van der Waals surface area (Å²) in [4.78, 5) is 28.4. The number of nitrogens with one attached hydrogen (secondary N) is 3. The molecule has 144 valence electrons. The Kier molecular flexibility index (Phi) is 6.62. The number of rotatable bonds is 6. The van der Waals surface area contributed by atoms with Gasteiger partial charge in [-0.1, -0.05) is 41.4 Å². The van der Waals surface area contributed by atoms with Crippen molar-refractivity contribution in [3.63, 3.8) is 0 Å². The van der Waals surface area contributed by atoms with Crippen molar-refractivity contribution in [2.45, 2.75) is 19.9 Å².